The number of ether oxygens (including phenoxy) is 2. The van der Waals surface area contributed by atoms with Crippen LogP contribution < -0.4 is 5.32 Å². The molecule has 67 heavy (non-hydrogen) atoms. The summed E-state index contributed by atoms with van der Waals surface area (Å²) in [6.45, 7) is 3.77. The first kappa shape index (κ1) is 63.7. The van der Waals surface area contributed by atoms with Crippen molar-refractivity contribution in [2.24, 2.45) is 0 Å². The highest BCUT2D eigenvalue weighted by atomic mass is 16.7. The molecule has 1 rings (SSSR count). The highest BCUT2D eigenvalue weighted by Gasteiger charge is 2.44. The SMILES string of the molecule is CCCCC/C=C\CCCCCCCC(=O)NC(COC1OC(CO)C(O)C(O)C1O)C(O)/C=C/CCCCCCCCCCCCCCCCCCCCCCCCCCCCCCCC. The van der Waals surface area contributed by atoms with Crippen molar-refractivity contribution in [2.75, 3.05) is 13.2 Å². The molecular weight excluding hydrogens is 839 g/mol. The number of allylic oxidation sites excluding steroid dienone is 3. The van der Waals surface area contributed by atoms with Crippen molar-refractivity contribution in [1.29, 1.82) is 0 Å². The molecule has 1 aliphatic rings. The molecule has 0 spiro atoms. The van der Waals surface area contributed by atoms with Crippen LogP contribution >= 0.6 is 0 Å². The lowest BCUT2D eigenvalue weighted by molar-refractivity contribution is -0.302. The summed E-state index contributed by atoms with van der Waals surface area (Å²) in [6.07, 6.45) is 54.1. The minimum atomic E-state index is -1.57. The Bertz CT molecular complexity index is 1100. The van der Waals surface area contributed by atoms with Crippen LogP contribution in [0, 0.1) is 0 Å². The molecule has 1 fully saturated rings. The summed E-state index contributed by atoms with van der Waals surface area (Å²) in [5, 5.41) is 54.4. The number of aliphatic hydroxyl groups excluding tert-OH is 5. The van der Waals surface area contributed by atoms with E-state index < -0.39 is 49.5 Å². The Morgan fingerprint density at radius 1 is 0.493 bits per heavy atom. The van der Waals surface area contributed by atoms with Crippen molar-refractivity contribution >= 4 is 5.91 Å². The molecule has 0 saturated carbocycles. The highest BCUT2D eigenvalue weighted by molar-refractivity contribution is 5.76. The van der Waals surface area contributed by atoms with E-state index in [2.05, 4.69) is 31.3 Å². The van der Waals surface area contributed by atoms with Gasteiger partial charge >= 0.3 is 0 Å². The summed E-state index contributed by atoms with van der Waals surface area (Å²) < 4.78 is 11.2. The normalized spacial score (nSPS) is 19.8. The van der Waals surface area contributed by atoms with Gasteiger partial charge in [0.1, 0.15) is 24.4 Å². The molecule has 396 valence electrons. The van der Waals surface area contributed by atoms with Crippen molar-refractivity contribution in [3.63, 3.8) is 0 Å². The van der Waals surface area contributed by atoms with Crippen LogP contribution in [0.1, 0.15) is 284 Å². The Kier molecular flexibility index (Phi) is 45.9. The Hall–Kier alpha value is -1.33. The van der Waals surface area contributed by atoms with E-state index in [9.17, 15) is 30.3 Å². The van der Waals surface area contributed by atoms with Crippen molar-refractivity contribution in [1.82, 2.24) is 5.32 Å². The largest absolute Gasteiger partial charge is 0.394 e. The predicted octanol–water partition coefficient (Wildman–Crippen LogP) is 14.2. The van der Waals surface area contributed by atoms with Crippen LogP contribution in [-0.2, 0) is 14.3 Å². The lowest BCUT2D eigenvalue weighted by atomic mass is 9.99. The van der Waals surface area contributed by atoms with E-state index in [-0.39, 0.29) is 12.5 Å². The van der Waals surface area contributed by atoms with Crippen molar-refractivity contribution in [3.05, 3.63) is 24.3 Å². The van der Waals surface area contributed by atoms with Gasteiger partial charge in [0.15, 0.2) is 6.29 Å². The Labute approximate surface area is 413 Å². The Morgan fingerprint density at radius 2 is 0.836 bits per heavy atom. The molecule has 1 aliphatic heterocycles. The van der Waals surface area contributed by atoms with Crippen molar-refractivity contribution in [3.8, 4) is 0 Å². The number of nitrogens with one attached hydrogen (secondary N) is 1. The number of hydrogen-bond acceptors (Lipinski definition) is 8. The van der Waals surface area contributed by atoms with Crippen LogP contribution in [0.2, 0.25) is 0 Å². The third-order valence-electron chi connectivity index (χ3n) is 14.0. The van der Waals surface area contributed by atoms with Gasteiger partial charge < -0.3 is 40.3 Å². The molecule has 0 aromatic heterocycles. The first-order chi connectivity index (χ1) is 32.8. The van der Waals surface area contributed by atoms with Gasteiger partial charge in [-0.2, -0.15) is 0 Å². The van der Waals surface area contributed by atoms with Crippen LogP contribution in [-0.4, -0.2) is 87.5 Å². The smallest absolute Gasteiger partial charge is 0.220 e. The zero-order valence-electron chi connectivity index (χ0n) is 43.9. The minimum Gasteiger partial charge on any atom is -0.394 e. The van der Waals surface area contributed by atoms with Crippen LogP contribution in [0.25, 0.3) is 0 Å². The van der Waals surface area contributed by atoms with Gasteiger partial charge in [0.2, 0.25) is 5.91 Å². The monoisotopic (exact) mass is 950 g/mol. The summed E-state index contributed by atoms with van der Waals surface area (Å²) >= 11 is 0. The lowest BCUT2D eigenvalue weighted by Gasteiger charge is -2.40. The molecule has 7 unspecified atom stereocenters. The number of carbonyl (C=O) groups is 1. The van der Waals surface area contributed by atoms with E-state index in [0.717, 1.165) is 57.8 Å². The molecule has 9 nitrogen and oxygen atoms in total. The van der Waals surface area contributed by atoms with E-state index >= 15 is 0 Å². The summed E-state index contributed by atoms with van der Waals surface area (Å²) in [5.74, 6) is -0.184. The van der Waals surface area contributed by atoms with E-state index in [0.29, 0.717) is 6.42 Å². The molecule has 0 radical (unpaired) electrons. The summed E-state index contributed by atoms with van der Waals surface area (Å²) in [6, 6.07) is -0.807. The molecular formula is C58H111NO8. The van der Waals surface area contributed by atoms with Crippen molar-refractivity contribution in [2.45, 2.75) is 326 Å². The maximum atomic E-state index is 13.0. The highest BCUT2D eigenvalue weighted by Crippen LogP contribution is 2.23. The number of hydrogen-bond donors (Lipinski definition) is 6. The average Bonchev–Trinajstić information content (AvgIpc) is 3.33. The second-order valence-electron chi connectivity index (χ2n) is 20.4. The van der Waals surface area contributed by atoms with E-state index in [1.54, 1.807) is 6.08 Å². The van der Waals surface area contributed by atoms with E-state index in [1.807, 2.05) is 6.08 Å². The number of unbranched alkanes of at least 4 members (excludes halogenated alkanes) is 38. The number of carbonyl (C=O) groups excluding carboxylic acids is 1. The Balaban J connectivity index is 2.12. The molecule has 1 amide bonds. The van der Waals surface area contributed by atoms with Gasteiger partial charge in [-0.15, -0.1) is 0 Å². The quantitative estimate of drug-likeness (QED) is 0.0261. The fourth-order valence-corrected chi connectivity index (χ4v) is 9.39. The van der Waals surface area contributed by atoms with Gasteiger partial charge in [-0.25, -0.2) is 0 Å². The maximum absolute atomic E-state index is 13.0. The molecule has 7 atom stereocenters. The van der Waals surface area contributed by atoms with E-state index in [4.69, 9.17) is 9.47 Å². The van der Waals surface area contributed by atoms with Gasteiger partial charge in [0.25, 0.3) is 0 Å². The molecule has 9 heteroatoms. The van der Waals surface area contributed by atoms with Gasteiger partial charge in [0.05, 0.1) is 25.4 Å². The molecule has 0 aliphatic carbocycles. The Morgan fingerprint density at radius 3 is 1.24 bits per heavy atom. The third-order valence-corrected chi connectivity index (χ3v) is 14.0. The molecule has 6 N–H and O–H groups in total. The van der Waals surface area contributed by atoms with Crippen LogP contribution in [0.5, 0.6) is 0 Å². The predicted molar refractivity (Wildman–Crippen MR) is 281 cm³/mol. The number of amides is 1. The topological polar surface area (TPSA) is 149 Å². The standard InChI is InChI=1S/C58H111NO8/c1-3-5-7-9-11-13-15-17-18-19-20-21-22-23-24-25-26-27-28-29-30-31-32-33-34-35-36-37-39-41-43-45-47-52(61)51(50-66-58-57(65)56(64)55(63)53(49-60)67-58)59-54(62)48-46-44-42-40-38-16-14-12-10-8-6-4-2/h12,14,45,47,51-53,55-58,60-61,63-65H,3-11,13,15-44,46,48-50H2,1-2H3,(H,59,62)/b14-12-,47-45+. The third kappa shape index (κ3) is 38.1. The fraction of sp³-hybridized carbons (Fsp3) is 0.914. The number of rotatable bonds is 50. The number of aliphatic hydroxyl groups is 5. The van der Waals surface area contributed by atoms with Crippen LogP contribution in [0.4, 0.5) is 0 Å². The molecule has 0 aromatic rings. The summed E-state index contributed by atoms with van der Waals surface area (Å²) in [7, 11) is 0. The van der Waals surface area contributed by atoms with Gasteiger partial charge in [-0.3, -0.25) is 4.79 Å². The second kappa shape index (κ2) is 48.3. The van der Waals surface area contributed by atoms with Crippen LogP contribution in [0.15, 0.2) is 24.3 Å². The zero-order chi connectivity index (χ0) is 48.7. The van der Waals surface area contributed by atoms with Gasteiger partial charge in [-0.1, -0.05) is 256 Å². The fourth-order valence-electron chi connectivity index (χ4n) is 9.39. The van der Waals surface area contributed by atoms with Gasteiger partial charge in [0, 0.05) is 6.42 Å². The lowest BCUT2D eigenvalue weighted by Crippen LogP contribution is -2.60. The maximum Gasteiger partial charge on any atom is 0.220 e. The first-order valence-corrected chi connectivity index (χ1v) is 29.1. The summed E-state index contributed by atoms with van der Waals surface area (Å²) in [4.78, 5) is 13.0. The zero-order valence-corrected chi connectivity index (χ0v) is 43.9. The average molecular weight is 951 g/mol. The van der Waals surface area contributed by atoms with E-state index in [1.165, 1.54) is 205 Å². The van der Waals surface area contributed by atoms with Gasteiger partial charge in [-0.05, 0) is 44.9 Å². The van der Waals surface area contributed by atoms with Crippen LogP contribution in [0.3, 0.4) is 0 Å². The molecule has 1 heterocycles. The van der Waals surface area contributed by atoms with Crippen molar-refractivity contribution < 1.29 is 39.8 Å². The molecule has 1 saturated heterocycles. The first-order valence-electron chi connectivity index (χ1n) is 29.1. The molecule has 0 aromatic carbocycles. The minimum absolute atomic E-state index is 0.184. The second-order valence-corrected chi connectivity index (χ2v) is 20.4. The molecule has 0 bridgehead atoms. The summed E-state index contributed by atoms with van der Waals surface area (Å²) in [5.41, 5.74) is 0.